The van der Waals surface area contributed by atoms with Gasteiger partial charge in [-0.3, -0.25) is 14.1 Å². The molecule has 0 spiro atoms. The summed E-state index contributed by atoms with van der Waals surface area (Å²) in [5.74, 6) is -0.880. The van der Waals surface area contributed by atoms with Crippen molar-refractivity contribution in [3.63, 3.8) is 0 Å². The Balaban J connectivity index is 3.80. The van der Waals surface area contributed by atoms with E-state index in [9.17, 15) is 14.2 Å². The fourth-order valence-corrected chi connectivity index (χ4v) is 5.91. The molecule has 2 N–H and O–H groups in total. The summed E-state index contributed by atoms with van der Waals surface area (Å²) in [5, 5.41) is 0. The molecule has 268 valence electrons. The third-order valence-electron chi connectivity index (χ3n) is 8.38. The quantitative estimate of drug-likeness (QED) is 0.0391. The van der Waals surface area contributed by atoms with Gasteiger partial charge >= 0.3 is 19.8 Å². The molecule has 0 amide bonds. The SMILES string of the molecule is CCCCCCCCCCCCCCCCCCCCCCC(=O)OC(COC(=O)CCCCCCCCC)COP(=O)(O)O. The first-order chi connectivity index (χ1) is 21.8. The van der Waals surface area contributed by atoms with Crippen LogP contribution in [0.15, 0.2) is 0 Å². The van der Waals surface area contributed by atoms with Crippen molar-refractivity contribution < 1.29 is 37.9 Å². The molecule has 0 radical (unpaired) electrons. The van der Waals surface area contributed by atoms with Crippen molar-refractivity contribution in [2.45, 2.75) is 206 Å². The Morgan fingerprint density at radius 2 is 0.800 bits per heavy atom. The Kier molecular flexibility index (Phi) is 32.3. The number of unbranched alkanes of at least 4 members (excludes halogenated alkanes) is 25. The van der Waals surface area contributed by atoms with E-state index in [2.05, 4.69) is 18.4 Å². The van der Waals surface area contributed by atoms with Gasteiger partial charge in [-0.25, -0.2) is 4.57 Å². The van der Waals surface area contributed by atoms with E-state index in [1.54, 1.807) is 0 Å². The number of carbonyl (C=O) groups is 2. The second-order valence-corrected chi connectivity index (χ2v) is 14.2. The van der Waals surface area contributed by atoms with Gasteiger partial charge in [-0.2, -0.15) is 0 Å². The molecule has 0 aromatic rings. The minimum Gasteiger partial charge on any atom is -0.462 e. The topological polar surface area (TPSA) is 119 Å². The first-order valence-corrected chi connectivity index (χ1v) is 20.4. The lowest BCUT2D eigenvalue weighted by Crippen LogP contribution is -2.29. The molecule has 9 heteroatoms. The third-order valence-corrected chi connectivity index (χ3v) is 8.86. The van der Waals surface area contributed by atoms with Crippen LogP contribution in [0.2, 0.25) is 0 Å². The van der Waals surface area contributed by atoms with Crippen molar-refractivity contribution in [3.8, 4) is 0 Å². The third kappa shape index (κ3) is 35.7. The van der Waals surface area contributed by atoms with Crippen LogP contribution in [0.3, 0.4) is 0 Å². The zero-order chi connectivity index (χ0) is 33.3. The highest BCUT2D eigenvalue weighted by molar-refractivity contribution is 7.46. The van der Waals surface area contributed by atoms with E-state index in [0.717, 1.165) is 32.1 Å². The van der Waals surface area contributed by atoms with Crippen LogP contribution in [-0.4, -0.2) is 41.0 Å². The molecule has 8 nitrogen and oxygen atoms in total. The lowest BCUT2D eigenvalue weighted by atomic mass is 10.0. The first kappa shape index (κ1) is 44.0. The zero-order valence-electron chi connectivity index (χ0n) is 29.3. The van der Waals surface area contributed by atoms with Crippen LogP contribution in [0.25, 0.3) is 0 Å². The summed E-state index contributed by atoms with van der Waals surface area (Å²) in [7, 11) is -4.73. The predicted molar refractivity (Wildman–Crippen MR) is 184 cm³/mol. The summed E-state index contributed by atoms with van der Waals surface area (Å²) in [5.41, 5.74) is 0. The molecule has 0 saturated heterocycles. The maximum Gasteiger partial charge on any atom is 0.469 e. The Hall–Kier alpha value is -0.950. The summed E-state index contributed by atoms with van der Waals surface area (Å²) in [6.45, 7) is 3.64. The smallest absolute Gasteiger partial charge is 0.462 e. The van der Waals surface area contributed by atoms with Crippen LogP contribution in [0.1, 0.15) is 200 Å². The summed E-state index contributed by atoms with van der Waals surface area (Å²) in [6, 6.07) is 0. The average molecular weight is 663 g/mol. The number of phosphoric ester groups is 1. The molecule has 0 saturated carbocycles. The second-order valence-electron chi connectivity index (χ2n) is 12.9. The molecule has 0 bridgehead atoms. The van der Waals surface area contributed by atoms with Gasteiger partial charge in [0, 0.05) is 12.8 Å². The maximum absolute atomic E-state index is 12.3. The van der Waals surface area contributed by atoms with Gasteiger partial charge in [0.15, 0.2) is 6.10 Å². The van der Waals surface area contributed by atoms with E-state index in [-0.39, 0.29) is 19.4 Å². The number of esters is 2. The highest BCUT2D eigenvalue weighted by Crippen LogP contribution is 2.36. The lowest BCUT2D eigenvalue weighted by molar-refractivity contribution is -0.161. The van der Waals surface area contributed by atoms with Gasteiger partial charge in [-0.1, -0.05) is 174 Å². The first-order valence-electron chi connectivity index (χ1n) is 18.8. The number of rotatable bonds is 35. The van der Waals surface area contributed by atoms with E-state index < -0.39 is 32.5 Å². The van der Waals surface area contributed by atoms with Crippen molar-refractivity contribution >= 4 is 19.8 Å². The molecule has 0 rings (SSSR count). The van der Waals surface area contributed by atoms with Gasteiger partial charge < -0.3 is 19.3 Å². The number of ether oxygens (including phenoxy) is 2. The molecule has 0 aliphatic carbocycles. The van der Waals surface area contributed by atoms with Gasteiger partial charge in [0.2, 0.25) is 0 Å². The van der Waals surface area contributed by atoms with Crippen LogP contribution in [0, 0.1) is 0 Å². The Bertz CT molecular complexity index is 711. The summed E-state index contributed by atoms with van der Waals surface area (Å²) in [6.07, 6.45) is 32.8. The predicted octanol–water partition coefficient (Wildman–Crippen LogP) is 10.9. The van der Waals surface area contributed by atoms with Crippen LogP contribution in [0.4, 0.5) is 0 Å². The van der Waals surface area contributed by atoms with E-state index >= 15 is 0 Å². The molecule has 0 aromatic carbocycles. The Labute approximate surface area is 276 Å². The molecule has 0 heterocycles. The van der Waals surface area contributed by atoms with Crippen LogP contribution >= 0.6 is 7.82 Å². The number of hydrogen-bond acceptors (Lipinski definition) is 6. The van der Waals surface area contributed by atoms with Gasteiger partial charge in [0.05, 0.1) is 6.61 Å². The lowest BCUT2D eigenvalue weighted by Gasteiger charge is -2.18. The summed E-state index contributed by atoms with van der Waals surface area (Å²) < 4.78 is 26.2. The van der Waals surface area contributed by atoms with Crippen molar-refractivity contribution in [3.05, 3.63) is 0 Å². The van der Waals surface area contributed by atoms with Gasteiger partial charge in [0.1, 0.15) is 6.61 Å². The Morgan fingerprint density at radius 1 is 0.489 bits per heavy atom. The number of phosphoric acid groups is 1. The minimum absolute atomic E-state index is 0.220. The van der Waals surface area contributed by atoms with E-state index in [0.29, 0.717) is 6.42 Å². The molecule has 0 aromatic heterocycles. The highest BCUT2D eigenvalue weighted by Gasteiger charge is 2.22. The molecule has 1 unspecified atom stereocenters. The highest BCUT2D eigenvalue weighted by atomic mass is 31.2. The minimum atomic E-state index is -4.73. The van der Waals surface area contributed by atoms with Crippen molar-refractivity contribution in [2.75, 3.05) is 13.2 Å². The summed E-state index contributed by atoms with van der Waals surface area (Å²) >= 11 is 0. The zero-order valence-corrected chi connectivity index (χ0v) is 30.2. The fraction of sp³-hybridized carbons (Fsp3) is 0.944. The van der Waals surface area contributed by atoms with Crippen molar-refractivity contribution in [2.24, 2.45) is 0 Å². The summed E-state index contributed by atoms with van der Waals surface area (Å²) in [4.78, 5) is 42.4. The number of hydrogen-bond donors (Lipinski definition) is 2. The van der Waals surface area contributed by atoms with Crippen LogP contribution in [-0.2, 0) is 28.2 Å². The van der Waals surface area contributed by atoms with E-state index in [4.69, 9.17) is 19.3 Å². The van der Waals surface area contributed by atoms with Gasteiger partial charge in [-0.05, 0) is 12.8 Å². The largest absolute Gasteiger partial charge is 0.469 e. The van der Waals surface area contributed by atoms with Crippen molar-refractivity contribution in [1.29, 1.82) is 0 Å². The monoisotopic (exact) mass is 662 g/mol. The molecule has 45 heavy (non-hydrogen) atoms. The molecule has 0 aliphatic rings. The van der Waals surface area contributed by atoms with Crippen LogP contribution < -0.4 is 0 Å². The number of carbonyl (C=O) groups excluding carboxylic acids is 2. The van der Waals surface area contributed by atoms with E-state index in [1.807, 2.05) is 0 Å². The molecular weight excluding hydrogens is 591 g/mol. The molecular formula is C36H71O8P. The molecule has 0 aliphatic heterocycles. The normalized spacial score (nSPS) is 12.4. The Morgan fingerprint density at radius 3 is 1.13 bits per heavy atom. The van der Waals surface area contributed by atoms with Crippen molar-refractivity contribution in [1.82, 2.24) is 0 Å². The maximum atomic E-state index is 12.3. The fourth-order valence-electron chi connectivity index (χ4n) is 5.55. The second kappa shape index (κ2) is 33.0. The van der Waals surface area contributed by atoms with Gasteiger partial charge in [-0.15, -0.1) is 0 Å². The molecule has 1 atom stereocenters. The average Bonchev–Trinajstić information content (AvgIpc) is 3.00. The molecule has 0 fully saturated rings. The standard InChI is InChI=1S/C36H71O8P/c1-3-5-7-9-11-12-13-14-15-16-17-18-19-20-21-22-23-25-27-29-31-36(38)44-34(33-43-45(39,40)41)32-42-35(37)30-28-26-24-10-8-6-4-2/h34H,3-33H2,1-2H3,(H2,39,40,41). The van der Waals surface area contributed by atoms with Gasteiger partial charge in [0.25, 0.3) is 0 Å². The van der Waals surface area contributed by atoms with Crippen LogP contribution in [0.5, 0.6) is 0 Å². The van der Waals surface area contributed by atoms with E-state index in [1.165, 1.54) is 135 Å².